The number of rotatable bonds is 1. The molecule has 1 N–H and O–H groups in total. The third-order valence-electron chi connectivity index (χ3n) is 2.86. The molecule has 2 nitrogen and oxygen atoms in total. The van der Waals surface area contributed by atoms with Gasteiger partial charge in [-0.05, 0) is 29.7 Å². The molecule has 0 atom stereocenters. The van der Waals surface area contributed by atoms with Gasteiger partial charge in [0.1, 0.15) is 0 Å². The van der Waals surface area contributed by atoms with E-state index in [2.05, 4.69) is 53.5 Å². The van der Waals surface area contributed by atoms with Crippen molar-refractivity contribution >= 4 is 16.6 Å². The molecule has 1 aromatic heterocycles. The first-order valence-electron chi connectivity index (χ1n) is 6.04. The molecule has 0 saturated heterocycles. The SMILES string of the molecule is CNc1ccccc1.Cn1ccc2ccccc21. The lowest BCUT2D eigenvalue weighted by Gasteiger charge is -1.94. The standard InChI is InChI=1S/C9H9N.C7H9N/c1-10-7-6-8-4-2-3-5-9(8)10;1-8-7-5-3-2-4-6-7/h2-7H,1H3;2-6,8H,1H3. The largest absolute Gasteiger partial charge is 0.388 e. The summed E-state index contributed by atoms with van der Waals surface area (Å²) in [5, 5.41) is 4.34. The molecular weight excluding hydrogens is 220 g/mol. The first-order valence-corrected chi connectivity index (χ1v) is 6.04. The van der Waals surface area contributed by atoms with Crippen LogP contribution in [0.1, 0.15) is 0 Å². The second kappa shape index (κ2) is 5.92. The number of nitrogens with one attached hydrogen (secondary N) is 1. The van der Waals surface area contributed by atoms with Gasteiger partial charge in [-0.1, -0.05) is 36.4 Å². The summed E-state index contributed by atoms with van der Waals surface area (Å²) in [5.74, 6) is 0. The van der Waals surface area contributed by atoms with Crippen LogP contribution < -0.4 is 5.32 Å². The highest BCUT2D eigenvalue weighted by Gasteiger charge is 1.92. The van der Waals surface area contributed by atoms with Gasteiger partial charge in [0.2, 0.25) is 0 Å². The van der Waals surface area contributed by atoms with Crippen LogP contribution >= 0.6 is 0 Å². The van der Waals surface area contributed by atoms with E-state index in [1.165, 1.54) is 10.9 Å². The number of hydrogen-bond donors (Lipinski definition) is 1. The average molecular weight is 238 g/mol. The maximum atomic E-state index is 3.03. The normalized spacial score (nSPS) is 9.67. The number of hydrogen-bond acceptors (Lipinski definition) is 1. The predicted octanol–water partition coefficient (Wildman–Crippen LogP) is 3.91. The molecule has 0 spiro atoms. The van der Waals surface area contributed by atoms with Crippen LogP contribution in [-0.4, -0.2) is 11.6 Å². The van der Waals surface area contributed by atoms with E-state index in [0.717, 1.165) is 5.69 Å². The van der Waals surface area contributed by atoms with Crippen LogP contribution in [0.2, 0.25) is 0 Å². The van der Waals surface area contributed by atoms with Gasteiger partial charge >= 0.3 is 0 Å². The number of nitrogens with zero attached hydrogens (tertiary/aromatic N) is 1. The second-order valence-electron chi connectivity index (χ2n) is 4.10. The highest BCUT2D eigenvalue weighted by molar-refractivity contribution is 5.79. The summed E-state index contributed by atoms with van der Waals surface area (Å²) in [6.45, 7) is 0. The fraction of sp³-hybridized carbons (Fsp3) is 0.125. The Kier molecular flexibility index (Phi) is 4.02. The van der Waals surface area contributed by atoms with Gasteiger partial charge in [0.05, 0.1) is 0 Å². The lowest BCUT2D eigenvalue weighted by Crippen LogP contribution is -1.84. The van der Waals surface area contributed by atoms with Gasteiger partial charge in [-0.15, -0.1) is 0 Å². The number of aryl methyl sites for hydroxylation is 1. The maximum absolute atomic E-state index is 3.03. The van der Waals surface area contributed by atoms with E-state index < -0.39 is 0 Å². The number of benzene rings is 2. The minimum atomic E-state index is 1.16. The van der Waals surface area contributed by atoms with Gasteiger partial charge in [-0.2, -0.15) is 0 Å². The molecule has 2 heteroatoms. The number of anilines is 1. The van der Waals surface area contributed by atoms with Gasteiger partial charge in [0, 0.05) is 31.5 Å². The van der Waals surface area contributed by atoms with Crippen molar-refractivity contribution < 1.29 is 0 Å². The van der Waals surface area contributed by atoms with Crippen molar-refractivity contribution in [3.63, 3.8) is 0 Å². The van der Waals surface area contributed by atoms with E-state index >= 15 is 0 Å². The Morgan fingerprint density at radius 1 is 0.833 bits per heavy atom. The zero-order valence-electron chi connectivity index (χ0n) is 10.8. The number of aromatic nitrogens is 1. The molecule has 0 saturated carbocycles. The van der Waals surface area contributed by atoms with Crippen LogP contribution in [0.25, 0.3) is 10.9 Å². The van der Waals surface area contributed by atoms with Gasteiger partial charge in [-0.25, -0.2) is 0 Å². The van der Waals surface area contributed by atoms with Crippen molar-refractivity contribution in [3.05, 3.63) is 66.9 Å². The Bertz CT molecular complexity index is 597. The van der Waals surface area contributed by atoms with Crippen LogP contribution in [0, 0.1) is 0 Å². The minimum Gasteiger partial charge on any atom is -0.388 e. The second-order valence-corrected chi connectivity index (χ2v) is 4.10. The van der Waals surface area contributed by atoms with Gasteiger partial charge in [-0.3, -0.25) is 0 Å². The van der Waals surface area contributed by atoms with E-state index in [4.69, 9.17) is 0 Å². The predicted molar refractivity (Wildman–Crippen MR) is 78.9 cm³/mol. The molecule has 0 radical (unpaired) electrons. The molecule has 3 rings (SSSR count). The number of para-hydroxylation sites is 2. The van der Waals surface area contributed by atoms with Crippen molar-refractivity contribution in [2.75, 3.05) is 12.4 Å². The van der Waals surface area contributed by atoms with Crippen molar-refractivity contribution in [1.29, 1.82) is 0 Å². The van der Waals surface area contributed by atoms with Crippen molar-refractivity contribution in [1.82, 2.24) is 4.57 Å². The average Bonchev–Trinajstić information content (AvgIpc) is 2.83. The van der Waals surface area contributed by atoms with Crippen LogP contribution in [0.3, 0.4) is 0 Å². The zero-order chi connectivity index (χ0) is 12.8. The fourth-order valence-electron chi connectivity index (χ4n) is 1.83. The summed E-state index contributed by atoms with van der Waals surface area (Å²) < 4.78 is 2.12. The van der Waals surface area contributed by atoms with E-state index in [9.17, 15) is 0 Å². The minimum absolute atomic E-state index is 1.16. The van der Waals surface area contributed by atoms with Crippen molar-refractivity contribution in [3.8, 4) is 0 Å². The van der Waals surface area contributed by atoms with Crippen molar-refractivity contribution in [2.24, 2.45) is 7.05 Å². The van der Waals surface area contributed by atoms with E-state index in [1.54, 1.807) is 0 Å². The van der Waals surface area contributed by atoms with Gasteiger partial charge in [0.15, 0.2) is 0 Å². The lowest BCUT2D eigenvalue weighted by molar-refractivity contribution is 0.969. The molecule has 3 aromatic rings. The zero-order valence-corrected chi connectivity index (χ0v) is 10.8. The van der Waals surface area contributed by atoms with E-state index in [0.29, 0.717) is 0 Å². The Hall–Kier alpha value is -2.22. The Morgan fingerprint density at radius 3 is 2.11 bits per heavy atom. The molecule has 0 unspecified atom stereocenters. The van der Waals surface area contributed by atoms with Crippen molar-refractivity contribution in [2.45, 2.75) is 0 Å². The first-order chi connectivity index (χ1) is 8.81. The van der Waals surface area contributed by atoms with Crippen LogP contribution in [0.15, 0.2) is 66.9 Å². The summed E-state index contributed by atoms with van der Waals surface area (Å²) in [7, 11) is 3.97. The van der Waals surface area contributed by atoms with Gasteiger partial charge < -0.3 is 9.88 Å². The smallest absolute Gasteiger partial charge is 0.0477 e. The Morgan fingerprint density at radius 2 is 1.50 bits per heavy atom. The van der Waals surface area contributed by atoms with E-state index in [1.807, 2.05) is 37.4 Å². The monoisotopic (exact) mass is 238 g/mol. The van der Waals surface area contributed by atoms with Crippen LogP contribution in [0.4, 0.5) is 5.69 Å². The van der Waals surface area contributed by atoms with Gasteiger partial charge in [0.25, 0.3) is 0 Å². The van der Waals surface area contributed by atoms with E-state index in [-0.39, 0.29) is 0 Å². The first kappa shape index (κ1) is 12.2. The molecule has 0 aliphatic heterocycles. The molecule has 0 amide bonds. The summed E-state index contributed by atoms with van der Waals surface area (Å²) in [6.07, 6.45) is 2.07. The molecule has 0 aliphatic rings. The summed E-state index contributed by atoms with van der Waals surface area (Å²) in [5.41, 5.74) is 2.45. The quantitative estimate of drug-likeness (QED) is 0.680. The molecular formula is C16H18N2. The highest BCUT2D eigenvalue weighted by Crippen LogP contribution is 2.12. The molecule has 18 heavy (non-hydrogen) atoms. The molecule has 92 valence electrons. The molecule has 1 heterocycles. The number of fused-ring (bicyclic) bond motifs is 1. The Labute approximate surface area is 108 Å². The topological polar surface area (TPSA) is 17.0 Å². The molecule has 0 bridgehead atoms. The lowest BCUT2D eigenvalue weighted by atomic mass is 10.2. The fourth-order valence-corrected chi connectivity index (χ4v) is 1.83. The third-order valence-corrected chi connectivity index (χ3v) is 2.86. The molecule has 0 fully saturated rings. The molecule has 0 aliphatic carbocycles. The summed E-state index contributed by atoms with van der Waals surface area (Å²) >= 11 is 0. The van der Waals surface area contributed by atoms with Crippen LogP contribution in [-0.2, 0) is 7.05 Å². The highest BCUT2D eigenvalue weighted by atomic mass is 14.9. The summed E-state index contributed by atoms with van der Waals surface area (Å²) in [6, 6.07) is 20.5. The Balaban J connectivity index is 0.000000138. The van der Waals surface area contributed by atoms with Crippen LogP contribution in [0.5, 0.6) is 0 Å². The maximum Gasteiger partial charge on any atom is 0.0477 e. The molecule has 2 aromatic carbocycles. The summed E-state index contributed by atoms with van der Waals surface area (Å²) in [4.78, 5) is 0. The third kappa shape index (κ3) is 2.92.